The molecule has 24 heavy (non-hydrogen) atoms. The molecule has 0 aliphatic heterocycles. The zero-order valence-corrected chi connectivity index (χ0v) is 13.9. The highest BCUT2D eigenvalue weighted by Crippen LogP contribution is 2.37. The predicted molar refractivity (Wildman–Crippen MR) is 100 cm³/mol. The number of phenolic OH excluding ortho intramolecular Hbond substituents is 1. The quantitative estimate of drug-likeness (QED) is 0.603. The van der Waals surface area contributed by atoms with Crippen LogP contribution in [0.3, 0.4) is 0 Å². The van der Waals surface area contributed by atoms with E-state index < -0.39 is 0 Å². The Morgan fingerprint density at radius 3 is 2.50 bits per heavy atom. The van der Waals surface area contributed by atoms with Crippen molar-refractivity contribution in [2.75, 3.05) is 0 Å². The standard InChI is InChI=1S/C22H17ClO/c23-22-10-4-9-19-20(22)12-11-16-6-1-2-8-18(16)21(19)14-15-5-3-7-17(24)13-15/h1-10,13-14,24H,11-12H2/b21-14-. The van der Waals surface area contributed by atoms with Gasteiger partial charge in [0.2, 0.25) is 0 Å². The molecule has 0 fully saturated rings. The van der Waals surface area contributed by atoms with Gasteiger partial charge in [-0.2, -0.15) is 0 Å². The van der Waals surface area contributed by atoms with Gasteiger partial charge in [-0.25, -0.2) is 0 Å². The molecule has 0 heterocycles. The fourth-order valence-electron chi connectivity index (χ4n) is 3.41. The van der Waals surface area contributed by atoms with Crippen LogP contribution >= 0.6 is 11.6 Å². The number of hydrogen-bond donors (Lipinski definition) is 1. The largest absolute Gasteiger partial charge is 0.508 e. The molecule has 1 aliphatic rings. The lowest BCUT2D eigenvalue weighted by Gasteiger charge is -2.13. The summed E-state index contributed by atoms with van der Waals surface area (Å²) in [7, 11) is 0. The highest BCUT2D eigenvalue weighted by molar-refractivity contribution is 6.31. The number of fused-ring (bicyclic) bond motifs is 2. The van der Waals surface area contributed by atoms with Crippen LogP contribution < -0.4 is 0 Å². The predicted octanol–water partition coefficient (Wildman–Crippen LogP) is 5.73. The van der Waals surface area contributed by atoms with E-state index in [9.17, 15) is 5.11 Å². The third-order valence-corrected chi connectivity index (χ3v) is 4.90. The van der Waals surface area contributed by atoms with Crippen LogP contribution in [0.4, 0.5) is 0 Å². The van der Waals surface area contributed by atoms with Crippen molar-refractivity contribution in [2.24, 2.45) is 0 Å². The van der Waals surface area contributed by atoms with E-state index in [4.69, 9.17) is 11.6 Å². The van der Waals surface area contributed by atoms with Gasteiger partial charge in [-0.15, -0.1) is 0 Å². The number of aromatic hydroxyl groups is 1. The minimum atomic E-state index is 0.276. The van der Waals surface area contributed by atoms with Gasteiger partial charge in [0.25, 0.3) is 0 Å². The summed E-state index contributed by atoms with van der Waals surface area (Å²) in [4.78, 5) is 0. The van der Waals surface area contributed by atoms with Crippen LogP contribution in [0, 0.1) is 0 Å². The Morgan fingerprint density at radius 2 is 1.62 bits per heavy atom. The van der Waals surface area contributed by atoms with E-state index in [1.807, 2.05) is 24.3 Å². The van der Waals surface area contributed by atoms with E-state index >= 15 is 0 Å². The Bertz CT molecular complexity index is 940. The summed E-state index contributed by atoms with van der Waals surface area (Å²) in [6.07, 6.45) is 4.05. The third kappa shape index (κ3) is 2.72. The van der Waals surface area contributed by atoms with E-state index in [0.717, 1.165) is 29.0 Å². The lowest BCUT2D eigenvalue weighted by atomic mass is 9.92. The Balaban J connectivity index is 1.99. The van der Waals surface area contributed by atoms with Gasteiger partial charge in [-0.1, -0.05) is 60.1 Å². The van der Waals surface area contributed by atoms with Crippen LogP contribution in [-0.2, 0) is 12.8 Å². The molecule has 0 aromatic heterocycles. The molecule has 2 heteroatoms. The first kappa shape index (κ1) is 15.0. The molecule has 0 amide bonds. The van der Waals surface area contributed by atoms with E-state index in [2.05, 4.69) is 36.4 Å². The smallest absolute Gasteiger partial charge is 0.116 e. The zero-order chi connectivity index (χ0) is 16.5. The van der Waals surface area contributed by atoms with E-state index in [1.165, 1.54) is 22.3 Å². The van der Waals surface area contributed by atoms with Crippen LogP contribution in [0.5, 0.6) is 5.75 Å². The third-order valence-electron chi connectivity index (χ3n) is 4.54. The number of hydrogen-bond acceptors (Lipinski definition) is 1. The number of benzene rings is 3. The normalized spacial score (nSPS) is 14.8. The summed E-state index contributed by atoms with van der Waals surface area (Å²) in [5, 5.41) is 10.6. The molecule has 0 saturated heterocycles. The van der Waals surface area contributed by atoms with Crippen molar-refractivity contribution in [3.05, 3.63) is 99.6 Å². The Hall–Kier alpha value is -2.51. The molecule has 1 aliphatic carbocycles. The highest BCUT2D eigenvalue weighted by atomic mass is 35.5. The van der Waals surface area contributed by atoms with Crippen molar-refractivity contribution in [1.29, 1.82) is 0 Å². The van der Waals surface area contributed by atoms with Crippen molar-refractivity contribution in [3.63, 3.8) is 0 Å². The minimum Gasteiger partial charge on any atom is -0.508 e. The van der Waals surface area contributed by atoms with Gasteiger partial charge in [-0.3, -0.25) is 0 Å². The van der Waals surface area contributed by atoms with E-state index in [0.29, 0.717) is 0 Å². The van der Waals surface area contributed by atoms with Gasteiger partial charge < -0.3 is 5.11 Å². The molecule has 1 nitrogen and oxygen atoms in total. The summed E-state index contributed by atoms with van der Waals surface area (Å²) in [5.74, 6) is 0.276. The second-order valence-electron chi connectivity index (χ2n) is 6.08. The van der Waals surface area contributed by atoms with Gasteiger partial charge in [0.1, 0.15) is 5.75 Å². The molecular formula is C22H17ClO. The first-order valence-electron chi connectivity index (χ1n) is 8.09. The van der Waals surface area contributed by atoms with Crippen LogP contribution in [0.15, 0.2) is 66.7 Å². The highest BCUT2D eigenvalue weighted by Gasteiger charge is 2.19. The summed E-state index contributed by atoms with van der Waals surface area (Å²) in [6.45, 7) is 0. The number of rotatable bonds is 1. The summed E-state index contributed by atoms with van der Waals surface area (Å²) in [5.41, 5.74) is 7.08. The molecular weight excluding hydrogens is 316 g/mol. The van der Waals surface area contributed by atoms with Crippen molar-refractivity contribution in [3.8, 4) is 5.75 Å². The van der Waals surface area contributed by atoms with E-state index in [1.54, 1.807) is 12.1 Å². The second-order valence-corrected chi connectivity index (χ2v) is 6.48. The lowest BCUT2D eigenvalue weighted by Crippen LogP contribution is -1.93. The molecule has 0 atom stereocenters. The average Bonchev–Trinajstić information content (AvgIpc) is 2.74. The zero-order valence-electron chi connectivity index (χ0n) is 13.2. The van der Waals surface area contributed by atoms with Gasteiger partial charge in [-0.05, 0) is 70.5 Å². The molecule has 118 valence electrons. The number of phenols is 1. The molecule has 0 unspecified atom stereocenters. The van der Waals surface area contributed by atoms with Gasteiger partial charge in [0.15, 0.2) is 0 Å². The molecule has 3 aromatic carbocycles. The van der Waals surface area contributed by atoms with Crippen molar-refractivity contribution < 1.29 is 5.11 Å². The van der Waals surface area contributed by atoms with Crippen LogP contribution in [-0.4, -0.2) is 5.11 Å². The topological polar surface area (TPSA) is 20.2 Å². The van der Waals surface area contributed by atoms with Crippen LogP contribution in [0.1, 0.15) is 27.8 Å². The first-order chi connectivity index (χ1) is 11.7. The lowest BCUT2D eigenvalue weighted by molar-refractivity contribution is 0.475. The van der Waals surface area contributed by atoms with Crippen molar-refractivity contribution >= 4 is 23.3 Å². The molecule has 3 aromatic rings. The van der Waals surface area contributed by atoms with Gasteiger partial charge in [0, 0.05) is 5.02 Å². The molecule has 0 bridgehead atoms. The van der Waals surface area contributed by atoms with Gasteiger partial charge in [0.05, 0.1) is 0 Å². The van der Waals surface area contributed by atoms with Crippen molar-refractivity contribution in [1.82, 2.24) is 0 Å². The number of aryl methyl sites for hydroxylation is 1. The summed E-state index contributed by atoms with van der Waals surface area (Å²) in [6, 6.07) is 22.0. The maximum atomic E-state index is 9.78. The average molecular weight is 333 g/mol. The number of halogens is 1. The summed E-state index contributed by atoms with van der Waals surface area (Å²) < 4.78 is 0. The van der Waals surface area contributed by atoms with E-state index in [-0.39, 0.29) is 5.75 Å². The SMILES string of the molecule is Oc1cccc(/C=C2/c3ccccc3CCc3c(Cl)cccc32)c1. The molecule has 0 saturated carbocycles. The fourth-order valence-corrected chi connectivity index (χ4v) is 3.68. The molecule has 1 N–H and O–H groups in total. The molecule has 4 rings (SSSR count). The van der Waals surface area contributed by atoms with Crippen LogP contribution in [0.25, 0.3) is 11.6 Å². The van der Waals surface area contributed by atoms with Crippen LogP contribution in [0.2, 0.25) is 5.02 Å². The first-order valence-corrected chi connectivity index (χ1v) is 8.47. The summed E-state index contributed by atoms with van der Waals surface area (Å²) >= 11 is 6.48. The Kier molecular flexibility index (Phi) is 3.87. The molecule has 0 radical (unpaired) electrons. The maximum Gasteiger partial charge on any atom is 0.116 e. The molecule has 0 spiro atoms. The van der Waals surface area contributed by atoms with Gasteiger partial charge >= 0.3 is 0 Å². The second kappa shape index (κ2) is 6.18. The monoisotopic (exact) mass is 332 g/mol. The fraction of sp³-hybridized carbons (Fsp3) is 0.0909. The Morgan fingerprint density at radius 1 is 0.833 bits per heavy atom. The maximum absolute atomic E-state index is 9.78. The minimum absolute atomic E-state index is 0.276. The van der Waals surface area contributed by atoms with Crippen molar-refractivity contribution in [2.45, 2.75) is 12.8 Å². The Labute approximate surface area is 146 Å².